The van der Waals surface area contributed by atoms with Crippen LogP contribution in [0, 0.1) is 17.2 Å². The van der Waals surface area contributed by atoms with Gasteiger partial charge in [0.1, 0.15) is 17.9 Å². The van der Waals surface area contributed by atoms with E-state index in [0.717, 1.165) is 6.42 Å². The van der Waals surface area contributed by atoms with E-state index in [9.17, 15) is 4.79 Å². The molecule has 0 aromatic carbocycles. The van der Waals surface area contributed by atoms with Crippen LogP contribution in [0.5, 0.6) is 0 Å². The molecule has 6 heteroatoms. The Morgan fingerprint density at radius 3 is 2.83 bits per heavy atom. The van der Waals surface area contributed by atoms with Crippen molar-refractivity contribution in [1.29, 1.82) is 5.26 Å². The molecule has 0 unspecified atom stereocenters. The van der Waals surface area contributed by atoms with E-state index >= 15 is 0 Å². The minimum atomic E-state index is -0.945. The van der Waals surface area contributed by atoms with Crippen LogP contribution in [0.4, 0.5) is 5.82 Å². The van der Waals surface area contributed by atoms with E-state index in [2.05, 4.69) is 10.3 Å². The Morgan fingerprint density at radius 1 is 1.67 bits per heavy atom. The molecule has 1 aromatic rings. The lowest BCUT2D eigenvalue weighted by Gasteiger charge is -2.20. The normalized spacial score (nSPS) is 13.4. The van der Waals surface area contributed by atoms with Crippen molar-refractivity contribution >= 4 is 23.4 Å². The number of hydrogen-bond donors (Lipinski definition) is 2. The summed E-state index contributed by atoms with van der Waals surface area (Å²) in [4.78, 5) is 15.1. The first kappa shape index (κ1) is 14.3. The second-order valence-electron chi connectivity index (χ2n) is 3.98. The molecule has 1 rings (SSSR count). The highest BCUT2D eigenvalue weighted by atomic mass is 35.5. The molecule has 0 saturated heterocycles. The van der Waals surface area contributed by atoms with Crippen molar-refractivity contribution < 1.29 is 9.90 Å². The molecule has 0 saturated carbocycles. The maximum Gasteiger partial charge on any atom is 0.326 e. The van der Waals surface area contributed by atoms with Crippen LogP contribution >= 0.6 is 11.6 Å². The van der Waals surface area contributed by atoms with Gasteiger partial charge in [0, 0.05) is 0 Å². The van der Waals surface area contributed by atoms with E-state index in [1.165, 1.54) is 6.07 Å². The van der Waals surface area contributed by atoms with Crippen LogP contribution in [0.15, 0.2) is 12.1 Å². The van der Waals surface area contributed by atoms with Crippen LogP contribution in [0.3, 0.4) is 0 Å². The zero-order valence-corrected chi connectivity index (χ0v) is 10.9. The molecule has 0 bridgehead atoms. The smallest absolute Gasteiger partial charge is 0.326 e. The molecule has 96 valence electrons. The van der Waals surface area contributed by atoms with Gasteiger partial charge in [-0.1, -0.05) is 31.9 Å². The summed E-state index contributed by atoms with van der Waals surface area (Å²) >= 11 is 5.76. The fourth-order valence-corrected chi connectivity index (χ4v) is 1.59. The van der Waals surface area contributed by atoms with E-state index in [0.29, 0.717) is 5.82 Å². The first-order valence-electron chi connectivity index (χ1n) is 5.55. The molecule has 2 N–H and O–H groups in total. The van der Waals surface area contributed by atoms with E-state index in [-0.39, 0.29) is 16.6 Å². The Balaban J connectivity index is 2.95. The van der Waals surface area contributed by atoms with Gasteiger partial charge in [-0.05, 0) is 18.1 Å². The second kappa shape index (κ2) is 6.22. The van der Waals surface area contributed by atoms with Crippen LogP contribution in [0.2, 0.25) is 5.02 Å². The summed E-state index contributed by atoms with van der Waals surface area (Å²) < 4.78 is 0. The lowest BCUT2D eigenvalue weighted by Crippen LogP contribution is -2.35. The number of carboxylic acids is 1. The summed E-state index contributed by atoms with van der Waals surface area (Å²) in [6, 6.07) is 4.19. The minimum Gasteiger partial charge on any atom is -0.480 e. The largest absolute Gasteiger partial charge is 0.480 e. The molecule has 0 fully saturated rings. The Labute approximate surface area is 110 Å². The average molecular weight is 268 g/mol. The van der Waals surface area contributed by atoms with Crippen molar-refractivity contribution in [2.45, 2.75) is 26.3 Å². The number of nitrogens with one attached hydrogen (secondary N) is 1. The third-order valence-electron chi connectivity index (χ3n) is 2.73. The zero-order chi connectivity index (χ0) is 13.7. The third kappa shape index (κ3) is 3.34. The summed E-state index contributed by atoms with van der Waals surface area (Å²) in [6.45, 7) is 3.76. The van der Waals surface area contributed by atoms with Gasteiger partial charge < -0.3 is 10.4 Å². The number of anilines is 1. The quantitative estimate of drug-likeness (QED) is 0.856. The van der Waals surface area contributed by atoms with Gasteiger partial charge in [-0.3, -0.25) is 0 Å². The van der Waals surface area contributed by atoms with Crippen molar-refractivity contribution in [2.24, 2.45) is 5.92 Å². The summed E-state index contributed by atoms with van der Waals surface area (Å²) in [6.07, 6.45) is 0.725. The second-order valence-corrected chi connectivity index (χ2v) is 4.39. The number of hydrogen-bond acceptors (Lipinski definition) is 4. The van der Waals surface area contributed by atoms with Crippen LogP contribution < -0.4 is 5.32 Å². The SMILES string of the molecule is CC[C@H](C)[C@H](Nc1ccc(Cl)c(C#N)n1)C(=O)O. The Kier molecular flexibility index (Phi) is 4.93. The summed E-state index contributed by atoms with van der Waals surface area (Å²) in [5.74, 6) is -0.659. The van der Waals surface area contributed by atoms with Gasteiger partial charge in [-0.2, -0.15) is 5.26 Å². The maximum atomic E-state index is 11.1. The third-order valence-corrected chi connectivity index (χ3v) is 3.04. The monoisotopic (exact) mass is 267 g/mol. The van der Waals surface area contributed by atoms with Crippen molar-refractivity contribution in [2.75, 3.05) is 5.32 Å². The fraction of sp³-hybridized carbons (Fsp3) is 0.417. The number of rotatable bonds is 5. The lowest BCUT2D eigenvalue weighted by atomic mass is 9.99. The van der Waals surface area contributed by atoms with Gasteiger partial charge in [0.15, 0.2) is 5.69 Å². The van der Waals surface area contributed by atoms with Crippen LogP contribution in [-0.4, -0.2) is 22.1 Å². The molecule has 0 aliphatic carbocycles. The zero-order valence-electron chi connectivity index (χ0n) is 10.1. The van der Waals surface area contributed by atoms with E-state index in [4.69, 9.17) is 22.0 Å². The number of nitrogens with zero attached hydrogens (tertiary/aromatic N) is 2. The molecule has 1 aromatic heterocycles. The standard InChI is InChI=1S/C12H14ClN3O2/c1-3-7(2)11(12(17)18)16-10-5-4-8(13)9(6-14)15-10/h4-5,7,11H,3H2,1-2H3,(H,15,16)(H,17,18)/t7-,11-/m0/s1. The molecule has 0 aliphatic rings. The maximum absolute atomic E-state index is 11.1. The molecule has 0 aliphatic heterocycles. The number of carboxylic acid groups (broad SMARTS) is 1. The number of aliphatic carboxylic acids is 1. The molecule has 0 amide bonds. The van der Waals surface area contributed by atoms with Gasteiger partial charge in [-0.15, -0.1) is 0 Å². The van der Waals surface area contributed by atoms with Crippen LogP contribution in [0.25, 0.3) is 0 Å². The number of nitriles is 1. The molecule has 0 radical (unpaired) electrons. The van der Waals surface area contributed by atoms with E-state index < -0.39 is 12.0 Å². The highest BCUT2D eigenvalue weighted by Gasteiger charge is 2.23. The molecule has 5 nitrogen and oxygen atoms in total. The number of pyridine rings is 1. The van der Waals surface area contributed by atoms with Crippen molar-refractivity contribution in [3.05, 3.63) is 22.8 Å². The number of carbonyl (C=O) groups is 1. The average Bonchev–Trinajstić information content (AvgIpc) is 2.36. The van der Waals surface area contributed by atoms with Gasteiger partial charge in [0.25, 0.3) is 0 Å². The molecule has 2 atom stereocenters. The topological polar surface area (TPSA) is 86.0 Å². The lowest BCUT2D eigenvalue weighted by molar-refractivity contribution is -0.139. The number of halogens is 1. The number of aromatic nitrogens is 1. The summed E-state index contributed by atoms with van der Waals surface area (Å²) in [7, 11) is 0. The molecule has 18 heavy (non-hydrogen) atoms. The van der Waals surface area contributed by atoms with Crippen LogP contribution in [-0.2, 0) is 4.79 Å². The predicted octanol–water partition coefficient (Wildman–Crippen LogP) is 2.52. The van der Waals surface area contributed by atoms with Crippen LogP contribution in [0.1, 0.15) is 26.0 Å². The van der Waals surface area contributed by atoms with Crippen molar-refractivity contribution in [1.82, 2.24) is 4.98 Å². The van der Waals surface area contributed by atoms with Gasteiger partial charge >= 0.3 is 5.97 Å². The Hall–Kier alpha value is -1.80. The Morgan fingerprint density at radius 2 is 2.33 bits per heavy atom. The Bertz CT molecular complexity index is 485. The van der Waals surface area contributed by atoms with Crippen molar-refractivity contribution in [3.63, 3.8) is 0 Å². The van der Waals surface area contributed by atoms with Gasteiger partial charge in [0.2, 0.25) is 0 Å². The first-order valence-corrected chi connectivity index (χ1v) is 5.93. The molecule has 1 heterocycles. The molecular formula is C12H14ClN3O2. The highest BCUT2D eigenvalue weighted by Crippen LogP contribution is 2.18. The summed E-state index contributed by atoms with van der Waals surface area (Å²) in [5, 5.41) is 21.0. The van der Waals surface area contributed by atoms with E-state index in [1.807, 2.05) is 19.9 Å². The molecular weight excluding hydrogens is 254 g/mol. The predicted molar refractivity (Wildman–Crippen MR) is 68.5 cm³/mol. The van der Waals surface area contributed by atoms with E-state index in [1.54, 1.807) is 6.07 Å². The van der Waals surface area contributed by atoms with Gasteiger partial charge in [-0.25, -0.2) is 9.78 Å². The first-order chi connectivity index (χ1) is 8.49. The highest BCUT2D eigenvalue weighted by molar-refractivity contribution is 6.31. The van der Waals surface area contributed by atoms with Crippen molar-refractivity contribution in [3.8, 4) is 6.07 Å². The van der Waals surface area contributed by atoms with Gasteiger partial charge in [0.05, 0.1) is 5.02 Å². The molecule has 0 spiro atoms. The fourth-order valence-electron chi connectivity index (χ4n) is 1.44. The summed E-state index contributed by atoms with van der Waals surface area (Å²) in [5.41, 5.74) is 0.0787. The minimum absolute atomic E-state index is 0.0505.